The van der Waals surface area contributed by atoms with Crippen molar-refractivity contribution in [3.8, 4) is 11.1 Å². The summed E-state index contributed by atoms with van der Waals surface area (Å²) in [7, 11) is -4.01. The summed E-state index contributed by atoms with van der Waals surface area (Å²) in [4.78, 5) is 4.55. The van der Waals surface area contributed by atoms with Crippen LogP contribution in [0, 0.1) is 0 Å². The molecule has 1 aliphatic carbocycles. The molecule has 172 valence electrons. The zero-order valence-electron chi connectivity index (χ0n) is 17.5. The maximum absolute atomic E-state index is 13.4. The molecule has 0 bridgehead atoms. The van der Waals surface area contributed by atoms with Gasteiger partial charge in [-0.05, 0) is 42.5 Å². The number of halogens is 3. The summed E-state index contributed by atoms with van der Waals surface area (Å²) in [5.74, 6) is 0.301. The average Bonchev–Trinajstić information content (AvgIpc) is 3.45. The summed E-state index contributed by atoms with van der Waals surface area (Å²) in [5, 5.41) is 3.91. The molecule has 33 heavy (non-hydrogen) atoms. The molecule has 1 aromatic carbocycles. The number of hydrogen-bond acceptors (Lipinski definition) is 4. The highest BCUT2D eigenvalue weighted by atomic mass is 32.2. The van der Waals surface area contributed by atoms with Crippen molar-refractivity contribution in [3.05, 3.63) is 66.7 Å². The van der Waals surface area contributed by atoms with Crippen LogP contribution in [0.1, 0.15) is 43.6 Å². The largest absolute Gasteiger partial charge is 0.504 e. The number of fused-ring (bicyclic) bond motifs is 1. The number of hydrogen-bond donors (Lipinski definition) is 0. The Hall–Kier alpha value is -3.14. The van der Waals surface area contributed by atoms with Crippen molar-refractivity contribution < 1.29 is 21.6 Å². The molecule has 3 aromatic heterocycles. The first-order valence-electron chi connectivity index (χ1n) is 10.7. The van der Waals surface area contributed by atoms with Crippen LogP contribution in [0.5, 0.6) is 0 Å². The molecule has 0 N–H and O–H groups in total. The molecule has 4 aromatic rings. The van der Waals surface area contributed by atoms with Gasteiger partial charge in [-0.15, -0.1) is 13.2 Å². The lowest BCUT2D eigenvalue weighted by molar-refractivity contribution is -0.212. The number of alkyl halides is 3. The van der Waals surface area contributed by atoms with Crippen molar-refractivity contribution >= 4 is 21.1 Å². The molecular weight excluding hydrogens is 453 g/mol. The quantitative estimate of drug-likeness (QED) is 0.383. The van der Waals surface area contributed by atoms with Gasteiger partial charge in [-0.25, -0.2) is 17.4 Å². The van der Waals surface area contributed by atoms with Gasteiger partial charge in [-0.2, -0.15) is 9.78 Å². The Labute approximate surface area is 188 Å². The van der Waals surface area contributed by atoms with Gasteiger partial charge in [-0.3, -0.25) is 0 Å². The molecule has 0 spiro atoms. The van der Waals surface area contributed by atoms with Crippen LogP contribution in [0.3, 0.4) is 0 Å². The Morgan fingerprint density at radius 1 is 0.970 bits per heavy atom. The Morgan fingerprint density at radius 3 is 2.36 bits per heavy atom. The van der Waals surface area contributed by atoms with Crippen molar-refractivity contribution in [3.63, 3.8) is 0 Å². The van der Waals surface area contributed by atoms with E-state index in [0.29, 0.717) is 16.9 Å². The molecule has 5 rings (SSSR count). The second-order valence-electron chi connectivity index (χ2n) is 8.27. The normalized spacial score (nSPS) is 15.8. The molecule has 3 heterocycles. The van der Waals surface area contributed by atoms with Crippen LogP contribution in [0.15, 0.2) is 66.1 Å². The Bertz CT molecular complexity index is 1400. The molecule has 1 saturated carbocycles. The van der Waals surface area contributed by atoms with Crippen molar-refractivity contribution in [2.24, 2.45) is 0 Å². The maximum Gasteiger partial charge on any atom is 0.504 e. The first-order chi connectivity index (χ1) is 15.7. The van der Waals surface area contributed by atoms with Crippen molar-refractivity contribution in [2.75, 3.05) is 0 Å². The molecule has 1 fully saturated rings. The summed E-state index contributed by atoms with van der Waals surface area (Å²) in [6.45, 7) is 0. The number of nitrogens with zero attached hydrogens (tertiary/aromatic N) is 4. The lowest BCUT2D eigenvalue weighted by Crippen LogP contribution is -2.16. The van der Waals surface area contributed by atoms with Gasteiger partial charge in [0.25, 0.3) is 10.0 Å². The smallest absolute Gasteiger partial charge is 0.237 e. The molecule has 0 radical (unpaired) electrons. The van der Waals surface area contributed by atoms with E-state index in [-0.39, 0.29) is 20.8 Å². The predicted octanol–water partition coefficient (Wildman–Crippen LogP) is 5.66. The van der Waals surface area contributed by atoms with Crippen molar-refractivity contribution in [1.29, 1.82) is 0 Å². The first kappa shape index (κ1) is 21.7. The van der Waals surface area contributed by atoms with E-state index in [1.807, 2.05) is 6.07 Å². The van der Waals surface area contributed by atoms with Crippen LogP contribution in [-0.2, 0) is 16.3 Å². The van der Waals surface area contributed by atoms with Crippen LogP contribution in [0.2, 0.25) is 0 Å². The Kier molecular flexibility index (Phi) is 5.27. The van der Waals surface area contributed by atoms with E-state index < -0.39 is 16.3 Å². The maximum atomic E-state index is 13.4. The monoisotopic (exact) mass is 474 g/mol. The third-order valence-corrected chi connectivity index (χ3v) is 7.83. The van der Waals surface area contributed by atoms with Gasteiger partial charge in [0.05, 0.1) is 11.1 Å². The highest BCUT2D eigenvalue weighted by Gasteiger charge is 2.32. The molecule has 0 saturated heterocycles. The van der Waals surface area contributed by atoms with Crippen LogP contribution < -0.4 is 0 Å². The summed E-state index contributed by atoms with van der Waals surface area (Å²) < 4.78 is 67.1. The van der Waals surface area contributed by atoms with E-state index in [1.165, 1.54) is 24.8 Å². The van der Waals surface area contributed by atoms with Gasteiger partial charge >= 0.3 is 6.30 Å². The van der Waals surface area contributed by atoms with Gasteiger partial charge in [-0.1, -0.05) is 37.5 Å². The van der Waals surface area contributed by atoms with E-state index in [0.717, 1.165) is 47.6 Å². The zero-order chi connectivity index (χ0) is 23.2. The summed E-state index contributed by atoms with van der Waals surface area (Å²) in [6.07, 6.45) is 5.74. The molecule has 6 nitrogen and oxygen atoms in total. The third-order valence-electron chi connectivity index (χ3n) is 6.16. The summed E-state index contributed by atoms with van der Waals surface area (Å²) in [5.41, 5.74) is 1.65. The minimum Gasteiger partial charge on any atom is -0.237 e. The standard InChI is InChI=1S/C23H21F3N4O2S/c24-23(25,26)30-14-18(13-28-30)21-15-29(33(31,32)19-9-5-2-6-10-19)22-20(21)11-17(12-27-22)16-7-3-1-4-8-16/h2,5-6,9-16H,1,3-4,7-8H2. The van der Waals surface area contributed by atoms with Gasteiger partial charge in [0.1, 0.15) is 0 Å². The molecule has 0 atom stereocenters. The molecule has 0 amide bonds. The lowest BCUT2D eigenvalue weighted by atomic mass is 9.84. The minimum atomic E-state index is -4.67. The van der Waals surface area contributed by atoms with Gasteiger partial charge < -0.3 is 0 Å². The van der Waals surface area contributed by atoms with Gasteiger partial charge in [0.15, 0.2) is 5.65 Å². The van der Waals surface area contributed by atoms with Crippen LogP contribution >= 0.6 is 0 Å². The molecule has 0 aliphatic heterocycles. The van der Waals surface area contributed by atoms with Crippen LogP contribution in [0.4, 0.5) is 13.2 Å². The molecule has 1 aliphatic rings. The Balaban J connectivity index is 1.71. The predicted molar refractivity (Wildman–Crippen MR) is 117 cm³/mol. The van der Waals surface area contributed by atoms with E-state index in [2.05, 4.69) is 10.1 Å². The topological polar surface area (TPSA) is 69.8 Å². The van der Waals surface area contributed by atoms with Crippen LogP contribution in [-0.4, -0.2) is 27.2 Å². The third kappa shape index (κ3) is 3.92. The van der Waals surface area contributed by atoms with E-state index in [9.17, 15) is 21.6 Å². The van der Waals surface area contributed by atoms with Gasteiger partial charge in [0, 0.05) is 35.1 Å². The number of benzene rings is 1. The van der Waals surface area contributed by atoms with Crippen LogP contribution in [0.25, 0.3) is 22.2 Å². The summed E-state index contributed by atoms with van der Waals surface area (Å²) >= 11 is 0. The molecule has 0 unspecified atom stereocenters. The minimum absolute atomic E-state index is 0.0672. The second-order valence-corrected chi connectivity index (χ2v) is 10.1. The van der Waals surface area contributed by atoms with E-state index >= 15 is 0 Å². The highest BCUT2D eigenvalue weighted by molar-refractivity contribution is 7.90. The average molecular weight is 475 g/mol. The fraction of sp³-hybridized carbons (Fsp3) is 0.304. The molecule has 10 heteroatoms. The number of aromatic nitrogens is 4. The fourth-order valence-corrected chi connectivity index (χ4v) is 5.82. The van der Waals surface area contributed by atoms with E-state index in [1.54, 1.807) is 24.4 Å². The van der Waals surface area contributed by atoms with Gasteiger partial charge in [0.2, 0.25) is 0 Å². The van der Waals surface area contributed by atoms with Crippen molar-refractivity contribution in [1.82, 2.24) is 18.7 Å². The highest BCUT2D eigenvalue weighted by Crippen LogP contribution is 2.38. The first-order valence-corrected chi connectivity index (χ1v) is 12.1. The number of pyridine rings is 1. The second kappa shape index (κ2) is 8.02. The Morgan fingerprint density at radius 2 is 1.70 bits per heavy atom. The lowest BCUT2D eigenvalue weighted by Gasteiger charge is -2.21. The van der Waals surface area contributed by atoms with E-state index in [4.69, 9.17) is 0 Å². The summed E-state index contributed by atoms with van der Waals surface area (Å²) in [6, 6.07) is 9.74. The fourth-order valence-electron chi connectivity index (χ4n) is 4.47. The van der Waals surface area contributed by atoms with Crippen molar-refractivity contribution in [2.45, 2.75) is 49.2 Å². The number of rotatable bonds is 4. The molecular formula is C23H21F3N4O2S. The SMILES string of the molecule is O=S(=O)(c1ccccc1)n1cc(-c2cnn(C(F)(F)F)c2)c2cc(C3CCCCC3)cnc21. The zero-order valence-corrected chi connectivity index (χ0v) is 18.4.